The van der Waals surface area contributed by atoms with Gasteiger partial charge < -0.3 is 19.6 Å². The Balaban J connectivity index is 1.39. The van der Waals surface area contributed by atoms with Crippen molar-refractivity contribution in [2.75, 3.05) is 38.2 Å². The predicted molar refractivity (Wildman–Crippen MR) is 143 cm³/mol. The number of aromatic nitrogens is 4. The fraction of sp³-hybridized carbons (Fsp3) is 0.393. The van der Waals surface area contributed by atoms with Crippen LogP contribution < -0.4 is 9.64 Å². The minimum Gasteiger partial charge on any atom is -0.508 e. The van der Waals surface area contributed by atoms with Gasteiger partial charge in [0.2, 0.25) is 0 Å². The SMILES string of the molecule is COc1cc(O)cc(N(CCCN2CCC(C(F)(F)F)CC2)c2ccc3ncc(-c4cnn(C)c4)nc3c2)c1. The number of phenols is 1. The normalized spacial score (nSPS) is 15.1. The van der Waals surface area contributed by atoms with E-state index in [0.29, 0.717) is 49.6 Å². The molecule has 2 aromatic heterocycles. The fourth-order valence-electron chi connectivity index (χ4n) is 5.05. The molecular weight excluding hydrogens is 509 g/mol. The summed E-state index contributed by atoms with van der Waals surface area (Å²) in [6.07, 6.45) is 2.21. The number of aromatic hydroxyl groups is 1. The number of benzene rings is 2. The van der Waals surface area contributed by atoms with Crippen LogP contribution in [0.25, 0.3) is 22.3 Å². The Morgan fingerprint density at radius 1 is 1.05 bits per heavy atom. The molecule has 5 rings (SSSR count). The van der Waals surface area contributed by atoms with Crippen molar-refractivity contribution in [3.8, 4) is 22.8 Å². The number of piperidine rings is 1. The van der Waals surface area contributed by atoms with Crippen LogP contribution in [-0.2, 0) is 7.05 Å². The molecule has 1 saturated heterocycles. The Kier molecular flexibility index (Phi) is 7.60. The number of anilines is 2. The number of ether oxygens (including phenoxy) is 1. The lowest BCUT2D eigenvalue weighted by Gasteiger charge is -2.33. The van der Waals surface area contributed by atoms with E-state index in [9.17, 15) is 18.3 Å². The van der Waals surface area contributed by atoms with Crippen LogP contribution in [0.2, 0.25) is 0 Å². The highest BCUT2D eigenvalue weighted by Gasteiger charge is 2.40. The van der Waals surface area contributed by atoms with Crippen molar-refractivity contribution in [2.45, 2.75) is 25.4 Å². The van der Waals surface area contributed by atoms with Gasteiger partial charge in [-0.15, -0.1) is 0 Å². The molecule has 0 radical (unpaired) electrons. The van der Waals surface area contributed by atoms with Crippen LogP contribution in [0.15, 0.2) is 55.0 Å². The standard InChI is InChI=1S/C28H31F3N6O2/c1-35-18-19(16-33-35)27-17-32-25-5-4-21(14-26(25)34-27)37(22-12-23(38)15-24(13-22)39-2)9-3-8-36-10-6-20(7-11-36)28(29,30)31/h4-5,12-18,20,38H,3,6-11H2,1-2H3. The highest BCUT2D eigenvalue weighted by Crippen LogP contribution is 2.35. The molecule has 0 atom stereocenters. The second-order valence-electron chi connectivity index (χ2n) is 9.88. The first-order chi connectivity index (χ1) is 18.7. The molecule has 206 valence electrons. The molecule has 2 aromatic carbocycles. The number of methoxy groups -OCH3 is 1. The Hall–Kier alpha value is -3.86. The third kappa shape index (κ3) is 6.25. The van der Waals surface area contributed by atoms with Gasteiger partial charge in [0.05, 0.1) is 42.1 Å². The lowest BCUT2D eigenvalue weighted by Crippen LogP contribution is -2.40. The van der Waals surface area contributed by atoms with Crippen LogP contribution in [0.3, 0.4) is 0 Å². The van der Waals surface area contributed by atoms with Crippen molar-refractivity contribution in [3.05, 3.63) is 55.0 Å². The van der Waals surface area contributed by atoms with Crippen molar-refractivity contribution in [2.24, 2.45) is 13.0 Å². The number of alkyl halides is 3. The number of hydrogen-bond donors (Lipinski definition) is 1. The summed E-state index contributed by atoms with van der Waals surface area (Å²) in [5.41, 5.74) is 4.61. The van der Waals surface area contributed by atoms with Crippen molar-refractivity contribution in [1.29, 1.82) is 0 Å². The molecule has 0 amide bonds. The Labute approximate surface area is 224 Å². The summed E-state index contributed by atoms with van der Waals surface area (Å²) in [5.74, 6) is -0.619. The zero-order valence-corrected chi connectivity index (χ0v) is 21.9. The molecule has 0 aliphatic carbocycles. The second-order valence-corrected chi connectivity index (χ2v) is 9.88. The van der Waals surface area contributed by atoms with Crippen LogP contribution in [-0.4, -0.2) is 69.2 Å². The van der Waals surface area contributed by atoms with Gasteiger partial charge in [-0.05, 0) is 57.1 Å². The maximum atomic E-state index is 13.1. The lowest BCUT2D eigenvalue weighted by atomic mass is 9.96. The van der Waals surface area contributed by atoms with E-state index in [1.165, 1.54) is 0 Å². The topological polar surface area (TPSA) is 79.5 Å². The summed E-state index contributed by atoms with van der Waals surface area (Å²) in [4.78, 5) is 13.5. The molecule has 1 N–H and O–H groups in total. The second kappa shape index (κ2) is 11.1. The van der Waals surface area contributed by atoms with Crippen molar-refractivity contribution >= 4 is 22.4 Å². The maximum Gasteiger partial charge on any atom is 0.391 e. The van der Waals surface area contributed by atoms with Gasteiger partial charge in [0, 0.05) is 54.9 Å². The number of fused-ring (bicyclic) bond motifs is 1. The number of aryl methyl sites for hydroxylation is 1. The van der Waals surface area contributed by atoms with Gasteiger partial charge in [-0.1, -0.05) is 0 Å². The van der Waals surface area contributed by atoms with E-state index < -0.39 is 12.1 Å². The van der Waals surface area contributed by atoms with Gasteiger partial charge >= 0.3 is 6.18 Å². The van der Waals surface area contributed by atoms with E-state index in [1.54, 1.807) is 36.3 Å². The van der Waals surface area contributed by atoms with E-state index in [1.807, 2.05) is 37.5 Å². The summed E-state index contributed by atoms with van der Waals surface area (Å²) in [6, 6.07) is 10.9. The molecule has 0 spiro atoms. The highest BCUT2D eigenvalue weighted by molar-refractivity contribution is 5.82. The molecule has 1 aliphatic heterocycles. The molecule has 4 aromatic rings. The first-order valence-corrected chi connectivity index (χ1v) is 12.9. The van der Waals surface area contributed by atoms with Crippen molar-refractivity contribution in [3.63, 3.8) is 0 Å². The first-order valence-electron chi connectivity index (χ1n) is 12.9. The summed E-state index contributed by atoms with van der Waals surface area (Å²) in [7, 11) is 3.38. The van der Waals surface area contributed by atoms with Gasteiger partial charge in [-0.2, -0.15) is 18.3 Å². The van der Waals surface area contributed by atoms with Crippen LogP contribution >= 0.6 is 0 Å². The van der Waals surface area contributed by atoms with Gasteiger partial charge in [0.15, 0.2) is 0 Å². The maximum absolute atomic E-state index is 13.1. The molecule has 11 heteroatoms. The van der Waals surface area contributed by atoms with Crippen molar-refractivity contribution in [1.82, 2.24) is 24.6 Å². The smallest absolute Gasteiger partial charge is 0.391 e. The largest absolute Gasteiger partial charge is 0.508 e. The molecule has 1 fully saturated rings. The summed E-state index contributed by atoms with van der Waals surface area (Å²) >= 11 is 0. The average molecular weight is 541 g/mol. The Bertz CT molecular complexity index is 1430. The summed E-state index contributed by atoms with van der Waals surface area (Å²) in [5, 5.41) is 14.6. The number of hydrogen-bond acceptors (Lipinski definition) is 7. The number of phenolic OH excluding ortho intramolecular Hbond substituents is 1. The molecular formula is C28H31F3N6O2. The molecule has 0 unspecified atom stereocenters. The molecule has 0 saturated carbocycles. The predicted octanol–water partition coefficient (Wildman–Crippen LogP) is 5.55. The molecule has 3 heterocycles. The van der Waals surface area contributed by atoms with E-state index in [4.69, 9.17) is 9.72 Å². The van der Waals surface area contributed by atoms with Gasteiger partial charge in [-0.25, -0.2) is 4.98 Å². The highest BCUT2D eigenvalue weighted by atomic mass is 19.4. The third-order valence-corrected chi connectivity index (χ3v) is 7.17. The molecule has 0 bridgehead atoms. The van der Waals surface area contributed by atoms with Gasteiger partial charge in [0.25, 0.3) is 0 Å². The summed E-state index contributed by atoms with van der Waals surface area (Å²) < 4.78 is 46.3. The van der Waals surface area contributed by atoms with Gasteiger partial charge in [0.1, 0.15) is 11.5 Å². The third-order valence-electron chi connectivity index (χ3n) is 7.17. The zero-order chi connectivity index (χ0) is 27.6. The van der Waals surface area contributed by atoms with E-state index >= 15 is 0 Å². The van der Waals surface area contributed by atoms with E-state index in [2.05, 4.69) is 19.9 Å². The van der Waals surface area contributed by atoms with Crippen molar-refractivity contribution < 1.29 is 23.0 Å². The van der Waals surface area contributed by atoms with E-state index in [0.717, 1.165) is 22.5 Å². The number of halogens is 3. The van der Waals surface area contributed by atoms with Crippen LogP contribution in [0, 0.1) is 5.92 Å². The number of nitrogens with zero attached hydrogens (tertiary/aromatic N) is 6. The molecule has 8 nitrogen and oxygen atoms in total. The Morgan fingerprint density at radius 3 is 2.54 bits per heavy atom. The van der Waals surface area contributed by atoms with Crippen LogP contribution in [0.5, 0.6) is 11.5 Å². The van der Waals surface area contributed by atoms with Crippen LogP contribution in [0.4, 0.5) is 24.5 Å². The minimum absolute atomic E-state index is 0.0722. The minimum atomic E-state index is -4.12. The van der Waals surface area contributed by atoms with E-state index in [-0.39, 0.29) is 18.6 Å². The lowest BCUT2D eigenvalue weighted by molar-refractivity contribution is -0.185. The first kappa shape index (κ1) is 26.7. The number of likely N-dealkylation sites (tertiary alicyclic amines) is 1. The fourth-order valence-corrected chi connectivity index (χ4v) is 5.05. The quantitative estimate of drug-likeness (QED) is 0.314. The molecule has 39 heavy (non-hydrogen) atoms. The van der Waals surface area contributed by atoms with Gasteiger partial charge in [-0.3, -0.25) is 9.67 Å². The number of rotatable bonds is 8. The summed E-state index contributed by atoms with van der Waals surface area (Å²) in [6.45, 7) is 2.13. The Morgan fingerprint density at radius 2 is 1.85 bits per heavy atom. The molecule has 1 aliphatic rings. The van der Waals surface area contributed by atoms with Crippen LogP contribution in [0.1, 0.15) is 19.3 Å². The average Bonchev–Trinajstić information content (AvgIpc) is 3.36. The zero-order valence-electron chi connectivity index (χ0n) is 21.9. The monoisotopic (exact) mass is 540 g/mol.